The van der Waals surface area contributed by atoms with Crippen LogP contribution in [0.1, 0.15) is 17.3 Å². The average molecular weight is 344 g/mol. The highest BCUT2D eigenvalue weighted by Crippen LogP contribution is 2.21. The Labute approximate surface area is 126 Å². The third-order valence-corrected chi connectivity index (χ3v) is 3.39. The SMILES string of the molecule is CC(CNC(=O)Nc1ccc(Br)cc1C(=O)O)N(C)C. The zero-order chi connectivity index (χ0) is 15.3. The fourth-order valence-electron chi connectivity index (χ4n) is 1.39. The first-order valence-electron chi connectivity index (χ1n) is 6.05. The van der Waals surface area contributed by atoms with Gasteiger partial charge in [0.2, 0.25) is 0 Å². The highest BCUT2D eigenvalue weighted by atomic mass is 79.9. The van der Waals surface area contributed by atoms with Gasteiger partial charge < -0.3 is 20.6 Å². The summed E-state index contributed by atoms with van der Waals surface area (Å²) >= 11 is 3.20. The van der Waals surface area contributed by atoms with Crippen LogP contribution in [0.2, 0.25) is 0 Å². The number of hydrogen-bond donors (Lipinski definition) is 3. The van der Waals surface area contributed by atoms with Crippen LogP contribution in [0.5, 0.6) is 0 Å². The molecule has 7 heteroatoms. The summed E-state index contributed by atoms with van der Waals surface area (Å²) in [4.78, 5) is 24.8. The number of urea groups is 1. The number of aromatic carboxylic acids is 1. The third-order valence-electron chi connectivity index (χ3n) is 2.90. The molecule has 3 N–H and O–H groups in total. The van der Waals surface area contributed by atoms with Crippen molar-refractivity contribution >= 4 is 33.6 Å². The van der Waals surface area contributed by atoms with Gasteiger partial charge in [0.1, 0.15) is 0 Å². The molecule has 6 nitrogen and oxygen atoms in total. The lowest BCUT2D eigenvalue weighted by Gasteiger charge is -2.20. The second-order valence-electron chi connectivity index (χ2n) is 4.64. The van der Waals surface area contributed by atoms with E-state index in [4.69, 9.17) is 5.11 Å². The van der Waals surface area contributed by atoms with Crippen LogP contribution in [0.3, 0.4) is 0 Å². The number of carboxylic acid groups (broad SMARTS) is 1. The second kappa shape index (κ2) is 7.25. The summed E-state index contributed by atoms with van der Waals surface area (Å²) in [5, 5.41) is 14.3. The molecular formula is C13H18BrN3O3. The van der Waals surface area contributed by atoms with Crippen LogP contribution < -0.4 is 10.6 Å². The van der Waals surface area contributed by atoms with Crippen molar-refractivity contribution in [2.45, 2.75) is 13.0 Å². The minimum atomic E-state index is -1.09. The van der Waals surface area contributed by atoms with Crippen molar-refractivity contribution in [3.05, 3.63) is 28.2 Å². The molecular weight excluding hydrogens is 326 g/mol. The maximum atomic E-state index is 11.8. The number of hydrogen-bond acceptors (Lipinski definition) is 3. The molecule has 0 aliphatic heterocycles. The van der Waals surface area contributed by atoms with E-state index in [1.165, 1.54) is 6.07 Å². The summed E-state index contributed by atoms with van der Waals surface area (Å²) in [6.07, 6.45) is 0. The monoisotopic (exact) mass is 343 g/mol. The van der Waals surface area contributed by atoms with E-state index in [1.54, 1.807) is 12.1 Å². The quantitative estimate of drug-likeness (QED) is 0.765. The predicted molar refractivity (Wildman–Crippen MR) is 81.3 cm³/mol. The Hall–Kier alpha value is -1.60. The van der Waals surface area contributed by atoms with Gasteiger partial charge in [-0.3, -0.25) is 0 Å². The molecule has 20 heavy (non-hydrogen) atoms. The second-order valence-corrected chi connectivity index (χ2v) is 5.56. The van der Waals surface area contributed by atoms with Crippen LogP contribution in [-0.4, -0.2) is 48.7 Å². The summed E-state index contributed by atoms with van der Waals surface area (Å²) in [5.41, 5.74) is 0.297. The molecule has 110 valence electrons. The minimum Gasteiger partial charge on any atom is -0.478 e. The van der Waals surface area contributed by atoms with Crippen LogP contribution in [0.15, 0.2) is 22.7 Å². The van der Waals surface area contributed by atoms with Gasteiger partial charge in [0.15, 0.2) is 0 Å². The molecule has 0 aliphatic carbocycles. The van der Waals surface area contributed by atoms with E-state index in [1.807, 2.05) is 25.9 Å². The lowest BCUT2D eigenvalue weighted by Crippen LogP contribution is -2.40. The number of amides is 2. The molecule has 0 aliphatic rings. The van der Waals surface area contributed by atoms with Crippen molar-refractivity contribution in [1.82, 2.24) is 10.2 Å². The van der Waals surface area contributed by atoms with Crippen LogP contribution in [0.4, 0.5) is 10.5 Å². The molecule has 0 aromatic heterocycles. The molecule has 2 amide bonds. The van der Waals surface area contributed by atoms with Gasteiger partial charge in [0, 0.05) is 17.1 Å². The number of carboxylic acids is 1. The van der Waals surface area contributed by atoms with E-state index >= 15 is 0 Å². The molecule has 1 aromatic rings. The highest BCUT2D eigenvalue weighted by Gasteiger charge is 2.13. The molecule has 0 spiro atoms. The molecule has 0 bridgehead atoms. The van der Waals surface area contributed by atoms with Crippen molar-refractivity contribution in [2.24, 2.45) is 0 Å². The predicted octanol–water partition coefficient (Wildman–Crippen LogP) is 2.22. The number of nitrogens with one attached hydrogen (secondary N) is 2. The van der Waals surface area contributed by atoms with Gasteiger partial charge in [-0.15, -0.1) is 0 Å². The smallest absolute Gasteiger partial charge is 0.337 e. The normalized spacial score (nSPS) is 12.1. The van der Waals surface area contributed by atoms with Gasteiger partial charge in [-0.2, -0.15) is 0 Å². The number of rotatable bonds is 5. The van der Waals surface area contributed by atoms with Gasteiger partial charge in [-0.25, -0.2) is 9.59 Å². The molecule has 1 rings (SSSR count). The number of carbonyl (C=O) groups excluding carboxylic acids is 1. The zero-order valence-electron chi connectivity index (χ0n) is 11.6. The molecule has 0 saturated carbocycles. The Bertz CT molecular complexity index is 506. The van der Waals surface area contributed by atoms with Crippen molar-refractivity contribution in [2.75, 3.05) is 26.0 Å². The summed E-state index contributed by atoms with van der Waals surface area (Å²) < 4.78 is 0.641. The largest absolute Gasteiger partial charge is 0.478 e. The Morgan fingerprint density at radius 2 is 2.05 bits per heavy atom. The van der Waals surface area contributed by atoms with E-state index in [2.05, 4.69) is 26.6 Å². The number of halogens is 1. The van der Waals surface area contributed by atoms with E-state index in [9.17, 15) is 9.59 Å². The lowest BCUT2D eigenvalue weighted by atomic mass is 10.2. The van der Waals surface area contributed by atoms with Gasteiger partial charge in [-0.1, -0.05) is 15.9 Å². The summed E-state index contributed by atoms with van der Waals surface area (Å²) in [7, 11) is 3.84. The van der Waals surface area contributed by atoms with Crippen LogP contribution in [0, 0.1) is 0 Å². The average Bonchev–Trinajstić information content (AvgIpc) is 2.37. The van der Waals surface area contributed by atoms with Crippen molar-refractivity contribution < 1.29 is 14.7 Å². The maximum absolute atomic E-state index is 11.8. The number of benzene rings is 1. The fourth-order valence-corrected chi connectivity index (χ4v) is 1.75. The Kier molecular flexibility index (Phi) is 5.97. The van der Waals surface area contributed by atoms with Gasteiger partial charge in [0.05, 0.1) is 11.3 Å². The molecule has 1 unspecified atom stereocenters. The number of carbonyl (C=O) groups is 2. The van der Waals surface area contributed by atoms with Crippen LogP contribution in [0.25, 0.3) is 0 Å². The van der Waals surface area contributed by atoms with Gasteiger partial charge in [0.25, 0.3) is 0 Å². The van der Waals surface area contributed by atoms with Crippen molar-refractivity contribution in [3.63, 3.8) is 0 Å². The topological polar surface area (TPSA) is 81.7 Å². The van der Waals surface area contributed by atoms with E-state index in [-0.39, 0.29) is 17.3 Å². The van der Waals surface area contributed by atoms with Crippen LogP contribution >= 0.6 is 15.9 Å². The van der Waals surface area contributed by atoms with Crippen molar-refractivity contribution in [1.29, 1.82) is 0 Å². The number of anilines is 1. The summed E-state index contributed by atoms with van der Waals surface area (Å²) in [5.74, 6) is -1.09. The third kappa shape index (κ3) is 4.82. The molecule has 0 saturated heterocycles. The first-order valence-corrected chi connectivity index (χ1v) is 6.84. The summed E-state index contributed by atoms with van der Waals surface area (Å²) in [6.45, 7) is 2.44. The van der Waals surface area contributed by atoms with Crippen molar-refractivity contribution in [3.8, 4) is 0 Å². The maximum Gasteiger partial charge on any atom is 0.337 e. The number of likely N-dealkylation sites (N-methyl/N-ethyl adjacent to an activating group) is 1. The van der Waals surface area contributed by atoms with Gasteiger partial charge >= 0.3 is 12.0 Å². The van der Waals surface area contributed by atoms with E-state index in [0.29, 0.717) is 11.0 Å². The molecule has 1 aromatic carbocycles. The zero-order valence-corrected chi connectivity index (χ0v) is 13.2. The first kappa shape index (κ1) is 16.5. The number of nitrogens with zero attached hydrogens (tertiary/aromatic N) is 1. The van der Waals surface area contributed by atoms with Crippen LogP contribution in [-0.2, 0) is 0 Å². The molecule has 1 atom stereocenters. The first-order chi connectivity index (χ1) is 9.31. The molecule has 0 radical (unpaired) electrons. The summed E-state index contributed by atoms with van der Waals surface area (Å²) in [6, 6.07) is 4.42. The Balaban J connectivity index is 2.69. The van der Waals surface area contributed by atoms with E-state index in [0.717, 1.165) is 0 Å². The highest BCUT2D eigenvalue weighted by molar-refractivity contribution is 9.10. The molecule has 0 heterocycles. The fraction of sp³-hybridized carbons (Fsp3) is 0.385. The standard InChI is InChI=1S/C13H18BrN3O3/c1-8(17(2)3)7-15-13(20)16-11-5-4-9(14)6-10(11)12(18)19/h4-6,8H,7H2,1-3H3,(H,18,19)(H2,15,16,20). The molecule has 0 fully saturated rings. The Morgan fingerprint density at radius 1 is 1.40 bits per heavy atom. The Morgan fingerprint density at radius 3 is 2.60 bits per heavy atom. The minimum absolute atomic E-state index is 0.0372. The van der Waals surface area contributed by atoms with E-state index < -0.39 is 12.0 Å². The lowest BCUT2D eigenvalue weighted by molar-refractivity contribution is 0.0698. The van der Waals surface area contributed by atoms with Gasteiger partial charge in [-0.05, 0) is 39.2 Å².